The van der Waals surface area contributed by atoms with E-state index in [0.717, 1.165) is 17.0 Å². The number of phenols is 1. The number of hydrogen-bond donors (Lipinski definition) is 4. The zero-order valence-electron chi connectivity index (χ0n) is 24.3. The Kier molecular flexibility index (Phi) is 9.76. The number of benzene rings is 2. The minimum Gasteiger partial charge on any atom is -0.508 e. The largest absolute Gasteiger partial charge is 0.573 e. The number of aromatic nitrogens is 2. The molecule has 10 nitrogen and oxygen atoms in total. The van der Waals surface area contributed by atoms with E-state index in [9.17, 15) is 32.7 Å². The second kappa shape index (κ2) is 13.3. The van der Waals surface area contributed by atoms with Gasteiger partial charge >= 0.3 is 12.3 Å². The molecule has 14 heteroatoms. The van der Waals surface area contributed by atoms with Gasteiger partial charge in [-0.05, 0) is 40.8 Å². The van der Waals surface area contributed by atoms with Crippen LogP contribution in [0.15, 0.2) is 67.0 Å². The number of carbonyl (C=O) groups excluding carboxylic acids is 2. The van der Waals surface area contributed by atoms with Crippen molar-refractivity contribution in [3.63, 3.8) is 0 Å². The van der Waals surface area contributed by atoms with Crippen molar-refractivity contribution in [1.82, 2.24) is 20.6 Å². The number of aromatic hydroxyl groups is 1. The molecular weight excluding hydrogens is 613 g/mol. The predicted octanol–water partition coefficient (Wildman–Crippen LogP) is 5.32. The maximum Gasteiger partial charge on any atom is 0.573 e. The van der Waals surface area contributed by atoms with E-state index >= 15 is 0 Å². The van der Waals surface area contributed by atoms with Gasteiger partial charge in [-0.2, -0.15) is 0 Å². The molecule has 0 spiro atoms. The van der Waals surface area contributed by atoms with Crippen LogP contribution in [0.1, 0.15) is 40.9 Å². The van der Waals surface area contributed by atoms with Gasteiger partial charge in [0.25, 0.3) is 5.91 Å². The van der Waals surface area contributed by atoms with Crippen LogP contribution in [0.2, 0.25) is 0 Å². The Balaban J connectivity index is 1.49. The Hall–Kier alpha value is -4.98. The van der Waals surface area contributed by atoms with Crippen molar-refractivity contribution < 1.29 is 42.5 Å². The molecule has 0 unspecified atom stereocenters. The second-order valence-corrected chi connectivity index (χ2v) is 12.1. The van der Waals surface area contributed by atoms with E-state index in [1.165, 1.54) is 29.8 Å². The predicted molar refractivity (Wildman–Crippen MR) is 160 cm³/mol. The maximum absolute atomic E-state index is 13.0. The van der Waals surface area contributed by atoms with Crippen LogP contribution in [0.25, 0.3) is 22.5 Å². The fraction of sp³-hybridized carbons (Fsp3) is 0.258. The van der Waals surface area contributed by atoms with Crippen LogP contribution < -0.4 is 15.4 Å². The minimum absolute atomic E-state index is 0.0641. The summed E-state index contributed by atoms with van der Waals surface area (Å²) >= 11 is 1.31. The monoisotopic (exact) mass is 642 g/mol. The number of amides is 2. The van der Waals surface area contributed by atoms with Gasteiger partial charge in [0.05, 0.1) is 4.88 Å². The average Bonchev–Trinajstić information content (AvgIpc) is 3.46. The first-order chi connectivity index (χ1) is 21.1. The SMILES string of the molecule is CC(C)(C)c1ccc(C(=O)N[C@@H](Cc2ccc(-c3ncc(-c4cc(O)cc(OC(F)(F)F)c4)cn3)cc2)C(=O)NCC(=O)O)s1. The van der Waals surface area contributed by atoms with E-state index in [4.69, 9.17) is 5.11 Å². The number of aliphatic carboxylic acids is 1. The molecule has 0 radical (unpaired) electrons. The molecule has 2 aromatic heterocycles. The van der Waals surface area contributed by atoms with Gasteiger partial charge in [0.1, 0.15) is 24.1 Å². The summed E-state index contributed by atoms with van der Waals surface area (Å²) < 4.78 is 41.8. The second-order valence-electron chi connectivity index (χ2n) is 11.0. The molecule has 0 aliphatic heterocycles. The Morgan fingerprint density at radius 1 is 0.933 bits per heavy atom. The number of carbonyl (C=O) groups is 3. The lowest BCUT2D eigenvalue weighted by Crippen LogP contribution is -2.49. The summed E-state index contributed by atoms with van der Waals surface area (Å²) in [6.45, 7) is 5.46. The standard InChI is InChI=1S/C31H29F3N4O6S/c1-30(2,3)25-9-8-24(45-25)29(43)38-23(28(42)37-16-26(40)41)10-17-4-6-18(7-5-17)27-35-14-20(15-36-27)19-11-21(39)13-22(12-19)44-31(32,33)34/h4-9,11-15,23,39H,10,16H2,1-3H3,(H,37,42)(H,38,43)(H,40,41)/t23-/m0/s1. The van der Waals surface area contributed by atoms with Gasteiger partial charge < -0.3 is 25.6 Å². The highest BCUT2D eigenvalue weighted by atomic mass is 32.1. The van der Waals surface area contributed by atoms with Crippen LogP contribution in [0.5, 0.6) is 11.5 Å². The topological polar surface area (TPSA) is 151 Å². The molecule has 2 aromatic carbocycles. The van der Waals surface area contributed by atoms with E-state index in [2.05, 4.69) is 25.3 Å². The van der Waals surface area contributed by atoms with E-state index in [1.54, 1.807) is 30.3 Å². The van der Waals surface area contributed by atoms with Crippen molar-refractivity contribution in [2.24, 2.45) is 0 Å². The van der Waals surface area contributed by atoms with Gasteiger partial charge in [-0.1, -0.05) is 45.0 Å². The summed E-state index contributed by atoms with van der Waals surface area (Å²) in [7, 11) is 0. The molecule has 2 amide bonds. The number of nitrogens with zero attached hydrogens (tertiary/aromatic N) is 2. The first kappa shape index (κ1) is 32.9. The molecule has 0 saturated heterocycles. The first-order valence-electron chi connectivity index (χ1n) is 13.5. The third-order valence-corrected chi connectivity index (χ3v) is 7.88. The number of halogens is 3. The van der Waals surface area contributed by atoms with E-state index < -0.39 is 48.2 Å². The van der Waals surface area contributed by atoms with Crippen molar-refractivity contribution >= 4 is 29.1 Å². The Morgan fingerprint density at radius 2 is 1.60 bits per heavy atom. The van der Waals surface area contributed by atoms with Gasteiger partial charge in [-0.25, -0.2) is 9.97 Å². The Morgan fingerprint density at radius 3 is 2.18 bits per heavy atom. The highest BCUT2D eigenvalue weighted by Crippen LogP contribution is 2.32. The maximum atomic E-state index is 13.0. The number of carboxylic acid groups (broad SMARTS) is 1. The lowest BCUT2D eigenvalue weighted by Gasteiger charge is -2.18. The lowest BCUT2D eigenvalue weighted by molar-refractivity contribution is -0.274. The third-order valence-electron chi connectivity index (χ3n) is 6.37. The number of alkyl halides is 3. The summed E-state index contributed by atoms with van der Waals surface area (Å²) in [6, 6.07) is 12.5. The van der Waals surface area contributed by atoms with Crippen LogP contribution in [0.3, 0.4) is 0 Å². The van der Waals surface area contributed by atoms with Gasteiger partial charge in [-0.15, -0.1) is 24.5 Å². The molecular formula is C31H29F3N4O6S. The molecule has 0 aliphatic carbocycles. The zero-order chi connectivity index (χ0) is 32.9. The molecule has 0 aliphatic rings. The Labute approximate surface area is 259 Å². The first-order valence-corrected chi connectivity index (χ1v) is 14.3. The number of carboxylic acids is 1. The highest BCUT2D eigenvalue weighted by molar-refractivity contribution is 7.14. The number of rotatable bonds is 10. The molecule has 4 aromatic rings. The number of thiophene rings is 1. The van der Waals surface area contributed by atoms with E-state index in [0.29, 0.717) is 27.4 Å². The minimum atomic E-state index is -4.92. The smallest absolute Gasteiger partial charge is 0.508 e. The normalized spacial score (nSPS) is 12.3. The van der Waals surface area contributed by atoms with Crippen LogP contribution >= 0.6 is 11.3 Å². The molecule has 0 fully saturated rings. The average molecular weight is 643 g/mol. The van der Waals surface area contributed by atoms with Crippen molar-refractivity contribution in [2.75, 3.05) is 6.54 Å². The molecule has 4 N–H and O–H groups in total. The van der Waals surface area contributed by atoms with Crippen molar-refractivity contribution in [2.45, 2.75) is 45.0 Å². The molecule has 236 valence electrons. The van der Waals surface area contributed by atoms with E-state index in [-0.39, 0.29) is 17.4 Å². The third kappa shape index (κ3) is 9.25. The van der Waals surface area contributed by atoms with Crippen molar-refractivity contribution in [3.8, 4) is 34.0 Å². The summed E-state index contributed by atoms with van der Waals surface area (Å²) in [5.74, 6) is -3.06. The molecule has 0 saturated carbocycles. The zero-order valence-corrected chi connectivity index (χ0v) is 25.1. The summed E-state index contributed by atoms with van der Waals surface area (Å²) in [4.78, 5) is 46.8. The van der Waals surface area contributed by atoms with Crippen molar-refractivity contribution in [3.05, 3.63) is 82.3 Å². The summed E-state index contributed by atoms with van der Waals surface area (Å²) in [5.41, 5.74) is 1.63. The summed E-state index contributed by atoms with van der Waals surface area (Å²) in [5, 5.41) is 23.8. The highest BCUT2D eigenvalue weighted by Gasteiger charge is 2.31. The molecule has 1 atom stereocenters. The number of hydrogen-bond acceptors (Lipinski definition) is 8. The fourth-order valence-electron chi connectivity index (χ4n) is 4.18. The van der Waals surface area contributed by atoms with Crippen LogP contribution in [0, 0.1) is 0 Å². The molecule has 4 rings (SSSR count). The van der Waals surface area contributed by atoms with E-state index in [1.807, 2.05) is 26.8 Å². The van der Waals surface area contributed by atoms with Gasteiger partial charge in [0.15, 0.2) is 5.82 Å². The summed E-state index contributed by atoms with van der Waals surface area (Å²) in [6.07, 6.45) is -2.09. The number of nitrogens with one attached hydrogen (secondary N) is 2. The van der Waals surface area contributed by atoms with Crippen LogP contribution in [-0.2, 0) is 21.4 Å². The lowest BCUT2D eigenvalue weighted by atomic mass is 9.95. The molecule has 45 heavy (non-hydrogen) atoms. The van der Waals surface area contributed by atoms with Gasteiger partial charge in [-0.3, -0.25) is 14.4 Å². The van der Waals surface area contributed by atoms with Gasteiger partial charge in [0.2, 0.25) is 5.91 Å². The number of ether oxygens (including phenoxy) is 1. The van der Waals surface area contributed by atoms with Crippen molar-refractivity contribution in [1.29, 1.82) is 0 Å². The van der Waals surface area contributed by atoms with Gasteiger partial charge in [0, 0.05) is 40.9 Å². The van der Waals surface area contributed by atoms with Crippen LogP contribution in [0.4, 0.5) is 13.2 Å². The fourth-order valence-corrected chi connectivity index (χ4v) is 5.15. The quantitative estimate of drug-likeness (QED) is 0.182. The Bertz CT molecular complexity index is 1680. The number of phenolic OH excluding ortho intramolecular Hbond substituents is 1. The molecule has 0 bridgehead atoms. The molecule has 2 heterocycles. The van der Waals surface area contributed by atoms with Crippen LogP contribution in [-0.4, -0.2) is 56.9 Å².